The van der Waals surface area contributed by atoms with E-state index >= 15 is 0 Å². The molecule has 0 N–H and O–H groups in total. The van der Waals surface area contributed by atoms with Gasteiger partial charge >= 0.3 is 0 Å². The maximum Gasteiger partial charge on any atom is 0 e. The maximum atomic E-state index is 0. The van der Waals surface area contributed by atoms with Gasteiger partial charge in [0.05, 0.1) is 0 Å². The maximum absolute atomic E-state index is 0. The SMILES string of the molecule is [Ga].[Ga].[Ga].[Ga].[Nb]. The molecule has 0 aliphatic heterocycles. The summed E-state index contributed by atoms with van der Waals surface area (Å²) in [5.41, 5.74) is 0. The molecular formula is Ga4Nb. The summed E-state index contributed by atoms with van der Waals surface area (Å²) in [6.07, 6.45) is 0. The van der Waals surface area contributed by atoms with Crippen molar-refractivity contribution in [1.82, 2.24) is 0 Å². The van der Waals surface area contributed by atoms with Crippen molar-refractivity contribution in [3.05, 3.63) is 0 Å². The van der Waals surface area contributed by atoms with Crippen LogP contribution >= 0.6 is 0 Å². The van der Waals surface area contributed by atoms with Crippen molar-refractivity contribution < 1.29 is 22.4 Å². The molecule has 0 atom stereocenters. The summed E-state index contributed by atoms with van der Waals surface area (Å²) in [5, 5.41) is 0. The molecule has 0 spiro atoms. The van der Waals surface area contributed by atoms with E-state index in [1.165, 1.54) is 0 Å². The first kappa shape index (κ1) is 40.7. The average molecular weight is 372 g/mol. The van der Waals surface area contributed by atoms with Gasteiger partial charge in [0.15, 0.2) is 0 Å². The van der Waals surface area contributed by atoms with Crippen LogP contribution in [0.5, 0.6) is 0 Å². The second kappa shape index (κ2) is 26.7. The summed E-state index contributed by atoms with van der Waals surface area (Å²) < 4.78 is 0. The molecular weight excluding hydrogens is 372 g/mol. The molecule has 0 saturated carbocycles. The third-order valence-electron chi connectivity index (χ3n) is 0. The summed E-state index contributed by atoms with van der Waals surface area (Å²) >= 11 is 0. The Balaban J connectivity index is 0. The number of hydrogen-bond donors (Lipinski definition) is 0. The van der Waals surface area contributed by atoms with Crippen LogP contribution in [0.1, 0.15) is 0 Å². The Morgan fingerprint density at radius 3 is 0.400 bits per heavy atom. The smallest absolute Gasteiger partial charge is 0 e. The largest absolute Gasteiger partial charge is 0 e. The fraction of sp³-hybridized carbons (Fsp3) is 0. The van der Waals surface area contributed by atoms with Gasteiger partial charge in [-0.2, -0.15) is 0 Å². The molecule has 0 bridgehead atoms. The van der Waals surface area contributed by atoms with Crippen LogP contribution in [-0.2, 0) is 22.4 Å². The van der Waals surface area contributed by atoms with Crippen LogP contribution in [0.2, 0.25) is 0 Å². The third-order valence-corrected chi connectivity index (χ3v) is 0. The molecule has 0 saturated heterocycles. The van der Waals surface area contributed by atoms with E-state index in [9.17, 15) is 0 Å². The van der Waals surface area contributed by atoms with Gasteiger partial charge in [0, 0.05) is 102 Å². The molecule has 0 nitrogen and oxygen atoms in total. The summed E-state index contributed by atoms with van der Waals surface area (Å²) in [5.74, 6) is 0. The van der Waals surface area contributed by atoms with E-state index in [2.05, 4.69) is 0 Å². The van der Waals surface area contributed by atoms with E-state index in [-0.39, 0.29) is 102 Å². The molecule has 0 aromatic carbocycles. The van der Waals surface area contributed by atoms with Crippen molar-refractivity contribution in [1.29, 1.82) is 0 Å². The summed E-state index contributed by atoms with van der Waals surface area (Å²) in [6.45, 7) is 0. The predicted octanol–water partition coefficient (Wildman–Crippen LogP) is -1.53. The minimum Gasteiger partial charge on any atom is 0 e. The van der Waals surface area contributed by atoms with Gasteiger partial charge in [-0.05, 0) is 0 Å². The fourth-order valence-electron chi connectivity index (χ4n) is 0. The van der Waals surface area contributed by atoms with E-state index in [1.54, 1.807) is 0 Å². The van der Waals surface area contributed by atoms with Crippen LogP contribution in [0.25, 0.3) is 0 Å². The quantitative estimate of drug-likeness (QED) is 0.454. The molecule has 0 heterocycles. The van der Waals surface area contributed by atoms with E-state index < -0.39 is 0 Å². The predicted molar refractivity (Wildman–Crippen MR) is 23.0 cm³/mol. The molecule has 17 valence electrons. The average Bonchev–Trinajstić information content (AvgIpc) is 0. The summed E-state index contributed by atoms with van der Waals surface area (Å²) in [7, 11) is 0. The molecule has 0 aliphatic rings. The first-order chi connectivity index (χ1) is 0. The first-order valence-corrected chi connectivity index (χ1v) is 0. The van der Waals surface area contributed by atoms with Crippen LogP contribution < -0.4 is 0 Å². The Bertz CT molecular complexity index is 3.61. The molecule has 0 fully saturated rings. The van der Waals surface area contributed by atoms with Gasteiger partial charge in [0.1, 0.15) is 0 Å². The van der Waals surface area contributed by atoms with Crippen molar-refractivity contribution in [3.8, 4) is 0 Å². The van der Waals surface area contributed by atoms with Crippen molar-refractivity contribution in [2.45, 2.75) is 0 Å². The zero-order chi connectivity index (χ0) is 0. The molecule has 0 aromatic heterocycles. The Labute approximate surface area is 99.7 Å². The van der Waals surface area contributed by atoms with Crippen molar-refractivity contribution in [3.63, 3.8) is 0 Å². The van der Waals surface area contributed by atoms with Gasteiger partial charge in [-0.3, -0.25) is 0 Å². The van der Waals surface area contributed by atoms with Crippen LogP contribution in [0.3, 0.4) is 0 Å². The molecule has 13 radical (unpaired) electrons. The van der Waals surface area contributed by atoms with Crippen molar-refractivity contribution in [2.24, 2.45) is 0 Å². The standard InChI is InChI=1S/4Ga.Nb. The second-order valence-electron chi connectivity index (χ2n) is 0. The van der Waals surface area contributed by atoms with Crippen LogP contribution in [0, 0.1) is 0 Å². The summed E-state index contributed by atoms with van der Waals surface area (Å²) in [6, 6.07) is 0. The summed E-state index contributed by atoms with van der Waals surface area (Å²) in [4.78, 5) is 0. The van der Waals surface area contributed by atoms with Crippen LogP contribution in [-0.4, -0.2) is 79.2 Å². The molecule has 0 amide bonds. The molecule has 0 aliphatic carbocycles. The van der Waals surface area contributed by atoms with Gasteiger partial charge < -0.3 is 0 Å². The van der Waals surface area contributed by atoms with Crippen LogP contribution in [0.15, 0.2) is 0 Å². The van der Waals surface area contributed by atoms with Crippen LogP contribution in [0.4, 0.5) is 0 Å². The fourth-order valence-corrected chi connectivity index (χ4v) is 0. The first-order valence-electron chi connectivity index (χ1n) is 0. The van der Waals surface area contributed by atoms with E-state index in [0.29, 0.717) is 0 Å². The Kier molecular flexibility index (Phi) is 217. The number of hydrogen-bond acceptors (Lipinski definition) is 0. The normalized spacial score (nSPS) is 0. The molecule has 0 unspecified atom stereocenters. The zero-order valence-electron chi connectivity index (χ0n) is 2.76. The molecule has 0 aromatic rings. The third kappa shape index (κ3) is 18.9. The Morgan fingerprint density at radius 2 is 0.400 bits per heavy atom. The van der Waals surface area contributed by atoms with Gasteiger partial charge in [-0.1, -0.05) is 0 Å². The topological polar surface area (TPSA) is 0 Å². The Hall–Kier alpha value is 3.29. The Morgan fingerprint density at radius 1 is 0.400 bits per heavy atom. The van der Waals surface area contributed by atoms with Gasteiger partial charge in [0.2, 0.25) is 0 Å². The van der Waals surface area contributed by atoms with Crippen molar-refractivity contribution >= 4 is 79.2 Å². The molecule has 5 heavy (non-hydrogen) atoms. The minimum absolute atomic E-state index is 0. The van der Waals surface area contributed by atoms with Crippen molar-refractivity contribution in [2.75, 3.05) is 0 Å². The minimum atomic E-state index is 0. The van der Waals surface area contributed by atoms with E-state index in [4.69, 9.17) is 0 Å². The zero-order valence-corrected chi connectivity index (χ0v) is 14.6. The van der Waals surface area contributed by atoms with Gasteiger partial charge in [-0.25, -0.2) is 0 Å². The van der Waals surface area contributed by atoms with Gasteiger partial charge in [0.25, 0.3) is 0 Å². The van der Waals surface area contributed by atoms with Gasteiger partial charge in [-0.15, -0.1) is 0 Å². The van der Waals surface area contributed by atoms with E-state index in [0.717, 1.165) is 0 Å². The number of rotatable bonds is 0. The monoisotopic (exact) mass is 369 g/mol. The van der Waals surface area contributed by atoms with E-state index in [1.807, 2.05) is 0 Å². The molecule has 5 heteroatoms. The molecule has 0 rings (SSSR count). The second-order valence-corrected chi connectivity index (χ2v) is 0.